The third-order valence-electron chi connectivity index (χ3n) is 5.49. The van der Waals surface area contributed by atoms with E-state index in [0.29, 0.717) is 0 Å². The van der Waals surface area contributed by atoms with Gasteiger partial charge in [0.2, 0.25) is 0 Å². The van der Waals surface area contributed by atoms with Crippen molar-refractivity contribution in [2.75, 3.05) is 0 Å². The van der Waals surface area contributed by atoms with Gasteiger partial charge in [0.05, 0.1) is 0 Å². The third-order valence-corrected chi connectivity index (χ3v) is 14.9. The molecular weight excluding hydrogens is 462 g/mol. The molecular formula is C26H34As2. The van der Waals surface area contributed by atoms with Crippen LogP contribution in [0.4, 0.5) is 0 Å². The van der Waals surface area contributed by atoms with E-state index in [2.05, 4.69) is 111 Å². The van der Waals surface area contributed by atoms with Gasteiger partial charge in [0.15, 0.2) is 0 Å². The molecule has 1 aliphatic heterocycles. The van der Waals surface area contributed by atoms with Crippen molar-refractivity contribution in [3.8, 4) is 0 Å². The van der Waals surface area contributed by atoms with Crippen molar-refractivity contribution in [3.05, 3.63) is 80.5 Å². The van der Waals surface area contributed by atoms with Gasteiger partial charge in [-0.25, -0.2) is 0 Å². The van der Waals surface area contributed by atoms with Crippen molar-refractivity contribution in [1.29, 1.82) is 0 Å². The summed E-state index contributed by atoms with van der Waals surface area (Å²) >= 11 is -2.29. The van der Waals surface area contributed by atoms with Crippen LogP contribution in [0, 0.1) is 0 Å². The minimum absolute atomic E-state index is 0.220. The average Bonchev–Trinajstić information content (AvgIpc) is 2.62. The second-order valence-electron chi connectivity index (χ2n) is 9.91. The van der Waals surface area contributed by atoms with Gasteiger partial charge in [-0.2, -0.15) is 0 Å². The van der Waals surface area contributed by atoms with Gasteiger partial charge < -0.3 is 0 Å². The van der Waals surface area contributed by atoms with E-state index in [9.17, 15) is 0 Å². The molecule has 0 saturated carbocycles. The summed E-state index contributed by atoms with van der Waals surface area (Å²) in [6.07, 6.45) is 0. The summed E-state index contributed by atoms with van der Waals surface area (Å²) in [5.41, 5.74) is 11.2. The summed E-state index contributed by atoms with van der Waals surface area (Å²) in [5.74, 6) is 0. The van der Waals surface area contributed by atoms with Crippen molar-refractivity contribution in [2.45, 2.75) is 63.8 Å². The van der Waals surface area contributed by atoms with E-state index in [1.54, 1.807) is 8.72 Å². The molecule has 0 bridgehead atoms. The predicted molar refractivity (Wildman–Crippen MR) is 129 cm³/mol. The molecule has 1 aliphatic rings. The van der Waals surface area contributed by atoms with E-state index < -0.39 is 29.3 Å². The topological polar surface area (TPSA) is 0 Å². The Morgan fingerprint density at radius 2 is 0.786 bits per heavy atom. The Hall–Kier alpha value is -0.963. The Kier molecular flexibility index (Phi) is 6.25. The van der Waals surface area contributed by atoms with Crippen LogP contribution in [0.1, 0.15) is 63.8 Å². The zero-order chi connectivity index (χ0) is 20.7. The molecule has 0 saturated heterocycles. The summed E-state index contributed by atoms with van der Waals surface area (Å²) < 4.78 is 3.32. The van der Waals surface area contributed by atoms with E-state index in [1.807, 2.05) is 0 Å². The zero-order valence-electron chi connectivity index (χ0n) is 18.7. The molecule has 2 unspecified atom stereocenters. The van der Waals surface area contributed by atoms with Crippen molar-refractivity contribution in [1.82, 2.24) is 0 Å². The summed E-state index contributed by atoms with van der Waals surface area (Å²) in [4.78, 5) is 5.35. The fourth-order valence-electron chi connectivity index (χ4n) is 3.53. The van der Waals surface area contributed by atoms with Gasteiger partial charge in [-0.15, -0.1) is 0 Å². The maximum absolute atomic E-state index is 2.67. The van der Waals surface area contributed by atoms with Crippen LogP contribution in [-0.2, 0) is 10.8 Å². The van der Waals surface area contributed by atoms with Gasteiger partial charge >= 0.3 is 182 Å². The Bertz CT molecular complexity index is 808. The van der Waals surface area contributed by atoms with Crippen LogP contribution >= 0.6 is 0 Å². The summed E-state index contributed by atoms with van der Waals surface area (Å²) in [5, 5.41) is 0. The predicted octanol–water partition coefficient (Wildman–Crippen LogP) is 7.17. The van der Waals surface area contributed by atoms with Gasteiger partial charge in [0, 0.05) is 0 Å². The van der Waals surface area contributed by atoms with Gasteiger partial charge in [-0.3, -0.25) is 0 Å². The normalized spacial score (nSPS) is 20.6. The molecule has 0 amide bonds. The van der Waals surface area contributed by atoms with Crippen LogP contribution in [-0.4, -0.2) is 29.3 Å². The Morgan fingerprint density at radius 3 is 1.04 bits per heavy atom. The molecule has 0 fully saturated rings. The molecule has 2 aromatic rings. The Labute approximate surface area is 181 Å². The molecule has 2 heteroatoms. The fraction of sp³-hybridized carbons (Fsp3) is 0.385. The molecule has 2 atom stereocenters. The van der Waals surface area contributed by atoms with Crippen molar-refractivity contribution < 1.29 is 0 Å². The first-order chi connectivity index (χ1) is 13.0. The third kappa shape index (κ3) is 4.78. The van der Waals surface area contributed by atoms with E-state index >= 15 is 0 Å². The first-order valence-corrected chi connectivity index (χ1v) is 17.9. The number of rotatable bonds is 2. The standard InChI is InChI=1S/C26H34As2/c1-25(2,3)21-13-9-19(10-14-21)23-17-28(8)24(18-27(23)7)20-11-15-22(16-12-20)26(4,5)6/h9-18H,1-8H3. The monoisotopic (exact) mass is 496 g/mol. The SMILES string of the molecule is C[As]1C=C(c2ccc(C(C)(C)C)cc2)[As](C)C=C1c1ccc(C(C)(C)C)cc1. The van der Waals surface area contributed by atoms with E-state index in [1.165, 1.54) is 22.3 Å². The molecule has 3 rings (SSSR count). The van der Waals surface area contributed by atoms with E-state index in [0.717, 1.165) is 0 Å². The molecule has 2 aromatic carbocycles. The van der Waals surface area contributed by atoms with Crippen molar-refractivity contribution in [3.63, 3.8) is 0 Å². The molecule has 0 aromatic heterocycles. The molecule has 0 radical (unpaired) electrons. The van der Waals surface area contributed by atoms with E-state index in [-0.39, 0.29) is 10.8 Å². The van der Waals surface area contributed by atoms with Crippen molar-refractivity contribution in [2.24, 2.45) is 0 Å². The molecule has 0 aliphatic carbocycles. The van der Waals surface area contributed by atoms with Gasteiger partial charge in [-0.1, -0.05) is 0 Å². The summed E-state index contributed by atoms with van der Waals surface area (Å²) in [7, 11) is 0. The first-order valence-electron chi connectivity index (χ1n) is 10.1. The van der Waals surface area contributed by atoms with Crippen LogP contribution in [0.5, 0.6) is 0 Å². The summed E-state index contributed by atoms with van der Waals surface area (Å²) in [6, 6.07) is 18.7. The molecule has 28 heavy (non-hydrogen) atoms. The van der Waals surface area contributed by atoms with Gasteiger partial charge in [-0.05, 0) is 0 Å². The number of hydrogen-bond acceptors (Lipinski definition) is 0. The van der Waals surface area contributed by atoms with E-state index in [4.69, 9.17) is 0 Å². The van der Waals surface area contributed by atoms with Crippen LogP contribution in [0.25, 0.3) is 8.72 Å². The molecule has 0 nitrogen and oxygen atoms in total. The fourth-order valence-corrected chi connectivity index (χ4v) is 17.1. The van der Waals surface area contributed by atoms with Gasteiger partial charge in [0.1, 0.15) is 0 Å². The molecule has 0 N–H and O–H groups in total. The second-order valence-corrected chi connectivity index (χ2v) is 18.1. The number of benzene rings is 2. The average molecular weight is 496 g/mol. The van der Waals surface area contributed by atoms with Crippen LogP contribution in [0.2, 0.25) is 11.4 Å². The van der Waals surface area contributed by atoms with Gasteiger partial charge in [0.25, 0.3) is 0 Å². The second kappa shape index (κ2) is 8.05. The maximum atomic E-state index is 2.67. The molecule has 1 heterocycles. The quantitative estimate of drug-likeness (QED) is 0.387. The molecule has 0 spiro atoms. The Morgan fingerprint density at radius 1 is 0.500 bits per heavy atom. The number of hydrogen-bond donors (Lipinski definition) is 0. The zero-order valence-corrected chi connectivity index (χ0v) is 22.4. The van der Waals surface area contributed by atoms with Crippen LogP contribution < -0.4 is 0 Å². The molecule has 148 valence electrons. The minimum atomic E-state index is -1.15. The first kappa shape index (κ1) is 21.7. The van der Waals surface area contributed by atoms with Crippen LogP contribution in [0.15, 0.2) is 58.3 Å². The summed E-state index contributed by atoms with van der Waals surface area (Å²) in [6.45, 7) is 13.7. The van der Waals surface area contributed by atoms with Crippen molar-refractivity contribution >= 4 is 38.0 Å². The Balaban J connectivity index is 1.85. The van der Waals surface area contributed by atoms with Crippen LogP contribution in [0.3, 0.4) is 0 Å².